The lowest BCUT2D eigenvalue weighted by Gasteiger charge is -2.24. The third kappa shape index (κ3) is 14.3. The van der Waals surface area contributed by atoms with E-state index < -0.39 is 12.2 Å². The molecule has 0 aliphatic carbocycles. The summed E-state index contributed by atoms with van der Waals surface area (Å²) in [5.74, 6) is 0.0998. The number of hydrogen-bond donors (Lipinski definition) is 2. The van der Waals surface area contributed by atoms with Crippen LogP contribution in [0.15, 0.2) is 48.6 Å². The van der Waals surface area contributed by atoms with Gasteiger partial charge in [-0.15, -0.1) is 0 Å². The van der Waals surface area contributed by atoms with Crippen LogP contribution in [-0.4, -0.2) is 40.9 Å². The van der Waals surface area contributed by atoms with Gasteiger partial charge < -0.3 is 19.7 Å². The molecule has 0 aliphatic rings. The highest BCUT2D eigenvalue weighted by molar-refractivity contribution is 5.75. The number of rotatable bonds is 15. The molecular formula is C23H38O4. The standard InChI is InChI=1S/C23H38O4/c1-5-6-12-18-23(3,27-4)19-13-10-8-7-9-11-16-21(25)22(26)17-14-15-20(2)24/h7-11,13,16,19,21-22,25-26H,5-6,12,14-15,17-18H2,1-4H3/b9-7+,10-8+,16-11+,19-13+. The molecule has 0 radical (unpaired) electrons. The molecule has 0 aromatic heterocycles. The number of aliphatic hydroxyl groups excluding tert-OH is 2. The summed E-state index contributed by atoms with van der Waals surface area (Å²) in [6, 6.07) is 0. The van der Waals surface area contributed by atoms with Crippen LogP contribution in [0.3, 0.4) is 0 Å². The number of hydrogen-bond acceptors (Lipinski definition) is 4. The zero-order chi connectivity index (χ0) is 20.5. The van der Waals surface area contributed by atoms with Gasteiger partial charge in [0.15, 0.2) is 0 Å². The monoisotopic (exact) mass is 378 g/mol. The predicted octanol–water partition coefficient (Wildman–Crippen LogP) is 4.68. The first kappa shape index (κ1) is 25.5. The quantitative estimate of drug-likeness (QED) is 0.321. The fraction of sp³-hybridized carbons (Fsp3) is 0.609. The van der Waals surface area contributed by atoms with Gasteiger partial charge in [-0.1, -0.05) is 74.8 Å². The lowest BCUT2D eigenvalue weighted by Crippen LogP contribution is -2.23. The number of carbonyl (C=O) groups is 1. The van der Waals surface area contributed by atoms with E-state index in [4.69, 9.17) is 4.74 Å². The maximum atomic E-state index is 10.9. The van der Waals surface area contributed by atoms with Crippen molar-refractivity contribution in [3.05, 3.63) is 48.6 Å². The second kappa shape index (κ2) is 15.6. The summed E-state index contributed by atoms with van der Waals surface area (Å²) < 4.78 is 5.60. The lowest BCUT2D eigenvalue weighted by atomic mass is 9.97. The number of ether oxygens (including phenoxy) is 1. The minimum atomic E-state index is -0.920. The Bertz CT molecular complexity index is 505. The summed E-state index contributed by atoms with van der Waals surface area (Å²) in [6.45, 7) is 5.81. The van der Waals surface area contributed by atoms with E-state index in [0.29, 0.717) is 19.3 Å². The molecule has 4 nitrogen and oxygen atoms in total. The SMILES string of the molecule is CCCCCC(C)(/C=C/C=C/C=C/C=C/C(O)C(O)CCCC(C)=O)OC. The van der Waals surface area contributed by atoms with Crippen molar-refractivity contribution in [2.24, 2.45) is 0 Å². The van der Waals surface area contributed by atoms with Gasteiger partial charge in [0, 0.05) is 13.5 Å². The van der Waals surface area contributed by atoms with Gasteiger partial charge in [-0.3, -0.25) is 0 Å². The Morgan fingerprint density at radius 1 is 1.04 bits per heavy atom. The molecule has 0 bridgehead atoms. The predicted molar refractivity (Wildman–Crippen MR) is 113 cm³/mol. The van der Waals surface area contributed by atoms with Crippen molar-refractivity contribution in [3.63, 3.8) is 0 Å². The number of carbonyl (C=O) groups excluding carboxylic acids is 1. The third-order valence-corrected chi connectivity index (χ3v) is 4.48. The molecule has 0 fully saturated rings. The molecule has 0 amide bonds. The summed E-state index contributed by atoms with van der Waals surface area (Å²) >= 11 is 0. The largest absolute Gasteiger partial charge is 0.390 e. The molecule has 154 valence electrons. The maximum absolute atomic E-state index is 10.9. The van der Waals surface area contributed by atoms with Crippen molar-refractivity contribution in [1.82, 2.24) is 0 Å². The first-order valence-corrected chi connectivity index (χ1v) is 9.94. The highest BCUT2D eigenvalue weighted by atomic mass is 16.5. The molecule has 0 rings (SSSR count). The first-order chi connectivity index (χ1) is 12.8. The van der Waals surface area contributed by atoms with E-state index in [0.717, 1.165) is 12.8 Å². The van der Waals surface area contributed by atoms with Crippen molar-refractivity contribution in [1.29, 1.82) is 0 Å². The van der Waals surface area contributed by atoms with E-state index in [-0.39, 0.29) is 11.4 Å². The zero-order valence-electron chi connectivity index (χ0n) is 17.4. The molecule has 3 atom stereocenters. The Labute approximate surface area is 165 Å². The van der Waals surface area contributed by atoms with Crippen molar-refractivity contribution in [3.8, 4) is 0 Å². The van der Waals surface area contributed by atoms with Crippen LogP contribution >= 0.6 is 0 Å². The van der Waals surface area contributed by atoms with Crippen LogP contribution in [0.1, 0.15) is 65.7 Å². The molecule has 0 aromatic carbocycles. The Morgan fingerprint density at radius 3 is 2.26 bits per heavy atom. The summed E-state index contributed by atoms with van der Waals surface area (Å²) in [5, 5.41) is 19.6. The molecule has 0 saturated heterocycles. The normalized spacial score (nSPS) is 17.3. The summed E-state index contributed by atoms with van der Waals surface area (Å²) in [5.41, 5.74) is -0.230. The average molecular weight is 379 g/mol. The fourth-order valence-electron chi connectivity index (χ4n) is 2.53. The Kier molecular flexibility index (Phi) is 14.7. The summed E-state index contributed by atoms with van der Waals surface area (Å²) in [7, 11) is 1.74. The number of Topliss-reactive ketones (excluding diaryl/α,β-unsaturated/α-hetero) is 1. The van der Waals surface area contributed by atoms with Gasteiger partial charge in [-0.05, 0) is 33.1 Å². The van der Waals surface area contributed by atoms with Gasteiger partial charge in [0.2, 0.25) is 0 Å². The van der Waals surface area contributed by atoms with Gasteiger partial charge in [-0.2, -0.15) is 0 Å². The lowest BCUT2D eigenvalue weighted by molar-refractivity contribution is -0.117. The topological polar surface area (TPSA) is 66.8 Å². The van der Waals surface area contributed by atoms with Crippen LogP contribution in [-0.2, 0) is 9.53 Å². The zero-order valence-corrected chi connectivity index (χ0v) is 17.4. The molecule has 0 aliphatic heterocycles. The van der Waals surface area contributed by atoms with Gasteiger partial charge in [-0.25, -0.2) is 0 Å². The minimum Gasteiger partial charge on any atom is -0.390 e. The third-order valence-electron chi connectivity index (χ3n) is 4.48. The van der Waals surface area contributed by atoms with Gasteiger partial charge >= 0.3 is 0 Å². The molecule has 4 heteroatoms. The highest BCUT2D eigenvalue weighted by Crippen LogP contribution is 2.20. The molecular weight excluding hydrogens is 340 g/mol. The van der Waals surface area contributed by atoms with E-state index >= 15 is 0 Å². The van der Waals surface area contributed by atoms with Crippen LogP contribution in [0.5, 0.6) is 0 Å². The number of methoxy groups -OCH3 is 1. The van der Waals surface area contributed by atoms with Crippen molar-refractivity contribution in [2.45, 2.75) is 83.5 Å². The Morgan fingerprint density at radius 2 is 1.67 bits per heavy atom. The van der Waals surface area contributed by atoms with E-state index in [9.17, 15) is 15.0 Å². The van der Waals surface area contributed by atoms with Gasteiger partial charge in [0.05, 0.1) is 17.8 Å². The van der Waals surface area contributed by atoms with E-state index in [2.05, 4.69) is 19.9 Å². The maximum Gasteiger partial charge on any atom is 0.129 e. The molecule has 0 saturated carbocycles. The highest BCUT2D eigenvalue weighted by Gasteiger charge is 2.18. The smallest absolute Gasteiger partial charge is 0.129 e. The van der Waals surface area contributed by atoms with E-state index in [1.165, 1.54) is 19.8 Å². The van der Waals surface area contributed by atoms with Crippen molar-refractivity contribution >= 4 is 5.78 Å². The molecule has 2 N–H and O–H groups in total. The first-order valence-electron chi connectivity index (χ1n) is 9.94. The molecule has 27 heavy (non-hydrogen) atoms. The van der Waals surface area contributed by atoms with Crippen LogP contribution in [0, 0.1) is 0 Å². The number of allylic oxidation sites excluding steroid dienone is 6. The number of unbranched alkanes of at least 4 members (excludes halogenated alkanes) is 2. The molecule has 3 unspecified atom stereocenters. The minimum absolute atomic E-state index is 0.0998. The number of aliphatic hydroxyl groups is 2. The Hall–Kier alpha value is -1.49. The van der Waals surface area contributed by atoms with Crippen molar-refractivity contribution in [2.75, 3.05) is 7.11 Å². The van der Waals surface area contributed by atoms with E-state index in [1.54, 1.807) is 25.3 Å². The second-order valence-corrected chi connectivity index (χ2v) is 7.14. The molecule has 0 heterocycles. The molecule has 0 aromatic rings. The van der Waals surface area contributed by atoms with Crippen LogP contribution < -0.4 is 0 Å². The fourth-order valence-corrected chi connectivity index (χ4v) is 2.53. The van der Waals surface area contributed by atoms with Gasteiger partial charge in [0.25, 0.3) is 0 Å². The van der Waals surface area contributed by atoms with Crippen molar-refractivity contribution < 1.29 is 19.7 Å². The number of ketones is 1. The van der Waals surface area contributed by atoms with Gasteiger partial charge in [0.1, 0.15) is 5.78 Å². The summed E-state index contributed by atoms with van der Waals surface area (Å²) in [6.07, 6.45) is 19.1. The van der Waals surface area contributed by atoms with Crippen LogP contribution in [0.2, 0.25) is 0 Å². The Balaban J connectivity index is 4.24. The van der Waals surface area contributed by atoms with Crippen LogP contribution in [0.4, 0.5) is 0 Å². The average Bonchev–Trinajstić information content (AvgIpc) is 2.63. The van der Waals surface area contributed by atoms with E-state index in [1.807, 2.05) is 24.3 Å². The summed E-state index contributed by atoms with van der Waals surface area (Å²) in [4.78, 5) is 10.9. The second-order valence-electron chi connectivity index (χ2n) is 7.14. The molecule has 0 spiro atoms. The van der Waals surface area contributed by atoms with Crippen LogP contribution in [0.25, 0.3) is 0 Å².